The second kappa shape index (κ2) is 12.7. The monoisotopic (exact) mass is 439 g/mol. The van der Waals surface area contributed by atoms with E-state index in [2.05, 4.69) is 27.1 Å². The summed E-state index contributed by atoms with van der Waals surface area (Å²) in [6.45, 7) is 7.76. The molecule has 0 aromatic carbocycles. The maximum atomic E-state index is 11.4. The van der Waals surface area contributed by atoms with Crippen LogP contribution in [0, 0.1) is 0 Å². The summed E-state index contributed by atoms with van der Waals surface area (Å²) in [6, 6.07) is 4.16. The summed E-state index contributed by atoms with van der Waals surface area (Å²) in [5.41, 5.74) is 0. The van der Waals surface area contributed by atoms with Gasteiger partial charge in [0.05, 0.1) is 12.5 Å². The number of halogens is 1. The minimum Gasteiger partial charge on any atom is -0.463 e. The molecule has 0 aliphatic carbocycles. The fraction of sp³-hybridized carbons (Fsp3) is 0.600. The van der Waals surface area contributed by atoms with Gasteiger partial charge in [-0.25, -0.2) is 0 Å². The highest BCUT2D eigenvalue weighted by Crippen LogP contribution is 2.08. The molecule has 7 heteroatoms. The Bertz CT molecular complexity index is 436. The Balaban J connectivity index is 0.00000441. The van der Waals surface area contributed by atoms with Crippen molar-refractivity contribution < 1.29 is 9.53 Å². The molecule has 5 nitrogen and oxygen atoms in total. The molecule has 0 fully saturated rings. The zero-order chi connectivity index (χ0) is 15.5. The molecule has 2 N–H and O–H groups in total. The third-order valence-corrected chi connectivity index (χ3v) is 3.48. The van der Waals surface area contributed by atoms with Crippen molar-refractivity contribution in [1.82, 2.24) is 10.6 Å². The number of hydrogen-bond acceptors (Lipinski definition) is 4. The number of guanidine groups is 1. The van der Waals surface area contributed by atoms with Crippen molar-refractivity contribution in [3.8, 4) is 0 Å². The van der Waals surface area contributed by atoms with E-state index in [1.165, 1.54) is 4.88 Å². The average Bonchev–Trinajstić information content (AvgIpc) is 2.91. The Kier molecular flexibility index (Phi) is 12.2. The van der Waals surface area contributed by atoms with E-state index in [4.69, 9.17) is 4.74 Å². The number of nitrogens with one attached hydrogen (secondary N) is 2. The molecule has 0 saturated carbocycles. The molecule has 0 bridgehead atoms. The van der Waals surface area contributed by atoms with Crippen LogP contribution in [0.5, 0.6) is 0 Å². The second-order valence-corrected chi connectivity index (χ2v) is 5.84. The average molecular weight is 439 g/mol. The van der Waals surface area contributed by atoms with Gasteiger partial charge < -0.3 is 15.4 Å². The molecule has 1 rings (SSSR count). The summed E-state index contributed by atoms with van der Waals surface area (Å²) < 4.78 is 5.08. The summed E-state index contributed by atoms with van der Waals surface area (Å²) in [4.78, 5) is 17.3. The number of rotatable bonds is 8. The van der Waals surface area contributed by atoms with Gasteiger partial charge in [-0.15, -0.1) is 35.3 Å². The first-order valence-electron chi connectivity index (χ1n) is 7.35. The van der Waals surface area contributed by atoms with Crippen LogP contribution in [0.4, 0.5) is 0 Å². The Labute approximate surface area is 154 Å². The van der Waals surface area contributed by atoms with Gasteiger partial charge in [-0.1, -0.05) is 6.07 Å². The van der Waals surface area contributed by atoms with E-state index < -0.39 is 0 Å². The van der Waals surface area contributed by atoms with Crippen molar-refractivity contribution in [2.75, 3.05) is 19.6 Å². The van der Waals surface area contributed by atoms with E-state index in [-0.39, 0.29) is 36.0 Å². The van der Waals surface area contributed by atoms with Crippen molar-refractivity contribution in [3.63, 3.8) is 0 Å². The minimum absolute atomic E-state index is 0. The lowest BCUT2D eigenvalue weighted by atomic mass is 10.3. The Hall–Kier alpha value is -0.830. The van der Waals surface area contributed by atoms with Gasteiger partial charge >= 0.3 is 5.97 Å². The lowest BCUT2D eigenvalue weighted by molar-refractivity contribution is -0.147. The fourth-order valence-corrected chi connectivity index (χ4v) is 2.38. The highest BCUT2D eigenvalue weighted by Gasteiger charge is 2.05. The number of ether oxygens (including phenoxy) is 1. The molecule has 1 aromatic heterocycles. The van der Waals surface area contributed by atoms with E-state index in [0.717, 1.165) is 25.5 Å². The van der Waals surface area contributed by atoms with Crippen LogP contribution in [-0.2, 0) is 16.0 Å². The van der Waals surface area contributed by atoms with Gasteiger partial charge in [0.1, 0.15) is 0 Å². The standard InChI is InChI=1S/C15H25N3O2S.HI/c1-4-16-15(17-9-7-13-6-5-11-21-13)18-10-8-14(19)20-12(2)3;/h5-6,11-12H,4,7-10H2,1-3H3,(H2,16,17,18);1H. The third-order valence-electron chi connectivity index (χ3n) is 2.54. The van der Waals surface area contributed by atoms with Crippen LogP contribution in [0.2, 0.25) is 0 Å². The van der Waals surface area contributed by atoms with Crippen LogP contribution in [0.3, 0.4) is 0 Å². The molecule has 0 aliphatic heterocycles. The SMILES string of the molecule is CCNC(=NCCc1cccs1)NCCC(=O)OC(C)C.I. The Morgan fingerprint density at radius 1 is 1.41 bits per heavy atom. The lowest BCUT2D eigenvalue weighted by Gasteiger charge is -2.12. The molecular formula is C15H26IN3O2S. The molecule has 1 heterocycles. The maximum absolute atomic E-state index is 11.4. The lowest BCUT2D eigenvalue weighted by Crippen LogP contribution is -2.38. The van der Waals surface area contributed by atoms with Crippen LogP contribution in [-0.4, -0.2) is 37.7 Å². The van der Waals surface area contributed by atoms with Gasteiger partial charge in [0.2, 0.25) is 0 Å². The van der Waals surface area contributed by atoms with E-state index in [1.54, 1.807) is 11.3 Å². The first-order valence-corrected chi connectivity index (χ1v) is 8.23. The van der Waals surface area contributed by atoms with E-state index in [1.807, 2.05) is 26.8 Å². The quantitative estimate of drug-likeness (QED) is 0.283. The zero-order valence-electron chi connectivity index (χ0n) is 13.4. The number of hydrogen-bond donors (Lipinski definition) is 2. The number of aliphatic imine (C=N–C) groups is 1. The molecule has 0 radical (unpaired) electrons. The Morgan fingerprint density at radius 3 is 2.77 bits per heavy atom. The van der Waals surface area contributed by atoms with Gasteiger partial charge in [-0.3, -0.25) is 9.79 Å². The van der Waals surface area contributed by atoms with Crippen LogP contribution in [0.25, 0.3) is 0 Å². The summed E-state index contributed by atoms with van der Waals surface area (Å²) in [5.74, 6) is 0.554. The topological polar surface area (TPSA) is 62.7 Å². The Morgan fingerprint density at radius 2 is 2.18 bits per heavy atom. The third kappa shape index (κ3) is 9.99. The van der Waals surface area contributed by atoms with Crippen molar-refractivity contribution in [2.24, 2.45) is 4.99 Å². The highest BCUT2D eigenvalue weighted by molar-refractivity contribution is 14.0. The minimum atomic E-state index is -0.188. The normalized spacial score (nSPS) is 11.0. The van der Waals surface area contributed by atoms with Crippen LogP contribution >= 0.6 is 35.3 Å². The van der Waals surface area contributed by atoms with Crippen LogP contribution in [0.1, 0.15) is 32.1 Å². The number of nitrogens with zero attached hydrogens (tertiary/aromatic N) is 1. The molecule has 0 atom stereocenters. The van der Waals surface area contributed by atoms with Crippen molar-refractivity contribution in [3.05, 3.63) is 22.4 Å². The van der Waals surface area contributed by atoms with Gasteiger partial charge in [-0.2, -0.15) is 0 Å². The number of esters is 1. The van der Waals surface area contributed by atoms with Gasteiger partial charge in [0.25, 0.3) is 0 Å². The molecule has 126 valence electrons. The molecule has 0 unspecified atom stereocenters. The molecule has 0 aliphatic rings. The molecule has 1 aromatic rings. The van der Waals surface area contributed by atoms with E-state index in [0.29, 0.717) is 13.0 Å². The van der Waals surface area contributed by atoms with Gasteiger partial charge in [0.15, 0.2) is 5.96 Å². The smallest absolute Gasteiger partial charge is 0.307 e. The predicted molar refractivity (Wildman–Crippen MR) is 103 cm³/mol. The number of carbonyl (C=O) groups is 1. The molecule has 0 amide bonds. The summed E-state index contributed by atoms with van der Waals surface area (Å²) >= 11 is 1.74. The van der Waals surface area contributed by atoms with Crippen LogP contribution in [0.15, 0.2) is 22.5 Å². The first kappa shape index (κ1) is 21.2. The molecular weight excluding hydrogens is 413 g/mol. The van der Waals surface area contributed by atoms with E-state index in [9.17, 15) is 4.79 Å². The van der Waals surface area contributed by atoms with Gasteiger partial charge in [-0.05, 0) is 32.2 Å². The number of thiophene rings is 1. The van der Waals surface area contributed by atoms with Gasteiger partial charge in [0, 0.05) is 30.9 Å². The molecule has 22 heavy (non-hydrogen) atoms. The van der Waals surface area contributed by atoms with Crippen molar-refractivity contribution in [1.29, 1.82) is 0 Å². The molecule has 0 saturated heterocycles. The predicted octanol–water partition coefficient (Wildman–Crippen LogP) is 2.81. The van der Waals surface area contributed by atoms with Crippen LogP contribution < -0.4 is 10.6 Å². The molecule has 0 spiro atoms. The summed E-state index contributed by atoms with van der Waals surface area (Å²) in [6.07, 6.45) is 1.21. The highest BCUT2D eigenvalue weighted by atomic mass is 127. The summed E-state index contributed by atoms with van der Waals surface area (Å²) in [7, 11) is 0. The largest absolute Gasteiger partial charge is 0.463 e. The maximum Gasteiger partial charge on any atom is 0.307 e. The van der Waals surface area contributed by atoms with E-state index >= 15 is 0 Å². The summed E-state index contributed by atoms with van der Waals surface area (Å²) in [5, 5.41) is 8.39. The van der Waals surface area contributed by atoms with Crippen molar-refractivity contribution >= 4 is 47.2 Å². The fourth-order valence-electron chi connectivity index (χ4n) is 1.68. The zero-order valence-corrected chi connectivity index (χ0v) is 16.6. The number of carbonyl (C=O) groups excluding carboxylic acids is 1. The first-order chi connectivity index (χ1) is 10.1. The second-order valence-electron chi connectivity index (χ2n) is 4.81. The van der Waals surface area contributed by atoms with Crippen molar-refractivity contribution in [2.45, 2.75) is 39.7 Å².